The molecule has 0 N–H and O–H groups in total. The minimum Gasteiger partial charge on any atom is -0.207 e. The standard InChI is InChI=1S/C16H14BrClF2/c17-10-12(7-11-1-4-15(19)5-2-11)8-13-9-14(18)3-6-16(13)20/h1-6,9,12H,7-8,10H2. The predicted octanol–water partition coefficient (Wildman–Crippen LogP) is 5.41. The van der Waals surface area contributed by atoms with Gasteiger partial charge < -0.3 is 0 Å². The van der Waals surface area contributed by atoms with Crippen LogP contribution in [0.1, 0.15) is 11.1 Å². The molecule has 4 heteroatoms. The highest BCUT2D eigenvalue weighted by molar-refractivity contribution is 9.09. The van der Waals surface area contributed by atoms with Crippen LogP contribution in [0.4, 0.5) is 8.78 Å². The maximum Gasteiger partial charge on any atom is 0.126 e. The zero-order valence-corrected chi connectivity index (χ0v) is 13.1. The summed E-state index contributed by atoms with van der Waals surface area (Å²) in [6, 6.07) is 11.0. The first-order chi connectivity index (χ1) is 9.58. The van der Waals surface area contributed by atoms with E-state index >= 15 is 0 Å². The van der Waals surface area contributed by atoms with Crippen molar-refractivity contribution >= 4 is 27.5 Å². The molecule has 0 radical (unpaired) electrons. The molecule has 1 unspecified atom stereocenters. The van der Waals surface area contributed by atoms with Crippen molar-refractivity contribution in [3.63, 3.8) is 0 Å². The highest BCUT2D eigenvalue weighted by atomic mass is 79.9. The van der Waals surface area contributed by atoms with Crippen LogP contribution in [0.15, 0.2) is 42.5 Å². The molecule has 0 spiro atoms. The third-order valence-electron chi connectivity index (χ3n) is 3.17. The van der Waals surface area contributed by atoms with Gasteiger partial charge in [0.1, 0.15) is 11.6 Å². The summed E-state index contributed by atoms with van der Waals surface area (Å²) in [7, 11) is 0. The van der Waals surface area contributed by atoms with Gasteiger partial charge in [0.25, 0.3) is 0 Å². The Hall–Kier alpha value is -0.930. The van der Waals surface area contributed by atoms with Crippen LogP contribution < -0.4 is 0 Å². The highest BCUT2D eigenvalue weighted by Crippen LogP contribution is 2.22. The van der Waals surface area contributed by atoms with Crippen molar-refractivity contribution in [1.29, 1.82) is 0 Å². The second-order valence-corrected chi connectivity index (χ2v) is 5.87. The molecule has 0 saturated carbocycles. The van der Waals surface area contributed by atoms with Crippen molar-refractivity contribution in [2.24, 2.45) is 5.92 Å². The van der Waals surface area contributed by atoms with E-state index in [0.29, 0.717) is 17.0 Å². The fraction of sp³-hybridized carbons (Fsp3) is 0.250. The Morgan fingerprint density at radius 2 is 1.70 bits per heavy atom. The van der Waals surface area contributed by atoms with E-state index in [1.165, 1.54) is 18.2 Å². The number of benzene rings is 2. The van der Waals surface area contributed by atoms with Crippen molar-refractivity contribution in [2.45, 2.75) is 12.8 Å². The average molecular weight is 360 g/mol. The van der Waals surface area contributed by atoms with Gasteiger partial charge >= 0.3 is 0 Å². The normalized spacial score (nSPS) is 12.4. The van der Waals surface area contributed by atoms with Gasteiger partial charge in [0.15, 0.2) is 0 Å². The van der Waals surface area contributed by atoms with Crippen LogP contribution in [0, 0.1) is 17.6 Å². The molecule has 2 aromatic carbocycles. The summed E-state index contributed by atoms with van der Waals surface area (Å²) in [5.41, 5.74) is 1.65. The number of hydrogen-bond acceptors (Lipinski definition) is 0. The fourth-order valence-corrected chi connectivity index (χ4v) is 2.80. The summed E-state index contributed by atoms with van der Waals surface area (Å²) in [5, 5.41) is 1.28. The van der Waals surface area contributed by atoms with Crippen LogP contribution in [0.25, 0.3) is 0 Å². The summed E-state index contributed by atoms with van der Waals surface area (Å²) < 4.78 is 26.6. The van der Waals surface area contributed by atoms with Crippen molar-refractivity contribution in [1.82, 2.24) is 0 Å². The summed E-state index contributed by atoms with van der Waals surface area (Å²) in [4.78, 5) is 0. The third kappa shape index (κ3) is 4.29. The summed E-state index contributed by atoms with van der Waals surface area (Å²) in [6.07, 6.45) is 1.35. The molecule has 1 atom stereocenters. The quantitative estimate of drug-likeness (QED) is 0.626. The smallest absolute Gasteiger partial charge is 0.126 e. The first-order valence-corrected chi connectivity index (χ1v) is 7.82. The number of halogens is 4. The maximum absolute atomic E-state index is 13.7. The van der Waals surface area contributed by atoms with Gasteiger partial charge in [-0.25, -0.2) is 8.78 Å². The SMILES string of the molecule is Fc1ccc(CC(CBr)Cc2cc(Cl)ccc2F)cc1. The van der Waals surface area contributed by atoms with Gasteiger partial charge in [0.2, 0.25) is 0 Å². The molecule has 0 fully saturated rings. The fourth-order valence-electron chi connectivity index (χ4n) is 2.15. The van der Waals surface area contributed by atoms with Gasteiger partial charge in [0, 0.05) is 10.4 Å². The molecule has 106 valence electrons. The first kappa shape index (κ1) is 15.5. The van der Waals surface area contributed by atoms with E-state index in [-0.39, 0.29) is 17.6 Å². The van der Waals surface area contributed by atoms with Gasteiger partial charge in [-0.2, -0.15) is 0 Å². The second-order valence-electron chi connectivity index (χ2n) is 4.79. The van der Waals surface area contributed by atoms with Crippen molar-refractivity contribution < 1.29 is 8.78 Å². The van der Waals surface area contributed by atoms with Crippen LogP contribution in [0.2, 0.25) is 5.02 Å². The van der Waals surface area contributed by atoms with E-state index in [4.69, 9.17) is 11.6 Å². The Labute approximate surface area is 130 Å². The van der Waals surface area contributed by atoms with Crippen LogP contribution in [-0.2, 0) is 12.8 Å². The minimum atomic E-state index is -0.245. The van der Waals surface area contributed by atoms with Crippen LogP contribution in [-0.4, -0.2) is 5.33 Å². The van der Waals surface area contributed by atoms with E-state index in [1.54, 1.807) is 24.3 Å². The molecular weight excluding hydrogens is 346 g/mol. The second kappa shape index (κ2) is 7.19. The Kier molecular flexibility index (Phi) is 5.55. The van der Waals surface area contributed by atoms with E-state index in [9.17, 15) is 8.78 Å². The number of alkyl halides is 1. The Bertz CT molecular complexity index is 569. The molecule has 0 aliphatic heterocycles. The molecule has 0 bridgehead atoms. The van der Waals surface area contributed by atoms with Gasteiger partial charge in [-0.1, -0.05) is 39.7 Å². The van der Waals surface area contributed by atoms with Crippen molar-refractivity contribution in [3.05, 3.63) is 70.2 Å². The molecule has 0 heterocycles. The van der Waals surface area contributed by atoms with Gasteiger partial charge in [-0.05, 0) is 60.2 Å². The number of rotatable bonds is 5. The van der Waals surface area contributed by atoms with E-state index in [2.05, 4.69) is 15.9 Å². The zero-order chi connectivity index (χ0) is 14.5. The Balaban J connectivity index is 2.08. The first-order valence-electron chi connectivity index (χ1n) is 6.33. The van der Waals surface area contributed by atoms with E-state index in [0.717, 1.165) is 17.3 Å². The van der Waals surface area contributed by atoms with Gasteiger partial charge in [-0.3, -0.25) is 0 Å². The molecule has 0 aliphatic rings. The van der Waals surface area contributed by atoms with Crippen molar-refractivity contribution in [2.75, 3.05) is 5.33 Å². The lowest BCUT2D eigenvalue weighted by Crippen LogP contribution is -2.11. The number of hydrogen-bond donors (Lipinski definition) is 0. The van der Waals surface area contributed by atoms with Crippen LogP contribution >= 0.6 is 27.5 Å². The van der Waals surface area contributed by atoms with E-state index < -0.39 is 0 Å². The zero-order valence-electron chi connectivity index (χ0n) is 10.8. The van der Waals surface area contributed by atoms with Crippen LogP contribution in [0.5, 0.6) is 0 Å². The Morgan fingerprint density at radius 1 is 1.00 bits per heavy atom. The average Bonchev–Trinajstić information content (AvgIpc) is 2.44. The topological polar surface area (TPSA) is 0 Å². The molecular formula is C16H14BrClF2. The minimum absolute atomic E-state index is 0.230. The maximum atomic E-state index is 13.7. The molecule has 0 saturated heterocycles. The lowest BCUT2D eigenvalue weighted by Gasteiger charge is -2.15. The third-order valence-corrected chi connectivity index (χ3v) is 4.32. The lowest BCUT2D eigenvalue weighted by atomic mass is 9.94. The van der Waals surface area contributed by atoms with Gasteiger partial charge in [0.05, 0.1) is 0 Å². The molecule has 20 heavy (non-hydrogen) atoms. The summed E-state index contributed by atoms with van der Waals surface area (Å²) >= 11 is 9.36. The molecule has 0 nitrogen and oxygen atoms in total. The van der Waals surface area contributed by atoms with Crippen LogP contribution in [0.3, 0.4) is 0 Å². The summed E-state index contributed by atoms with van der Waals surface area (Å²) in [5.74, 6) is -0.252. The highest BCUT2D eigenvalue weighted by Gasteiger charge is 2.13. The lowest BCUT2D eigenvalue weighted by molar-refractivity contribution is 0.549. The van der Waals surface area contributed by atoms with Gasteiger partial charge in [-0.15, -0.1) is 0 Å². The Morgan fingerprint density at radius 3 is 2.35 bits per heavy atom. The summed E-state index contributed by atoms with van der Waals surface area (Å²) in [6.45, 7) is 0. The predicted molar refractivity (Wildman–Crippen MR) is 82.5 cm³/mol. The largest absolute Gasteiger partial charge is 0.207 e. The molecule has 0 aliphatic carbocycles. The molecule has 2 rings (SSSR count). The molecule has 0 amide bonds. The monoisotopic (exact) mass is 358 g/mol. The molecule has 0 aromatic heterocycles. The molecule has 2 aromatic rings. The van der Waals surface area contributed by atoms with E-state index in [1.807, 2.05) is 0 Å². The van der Waals surface area contributed by atoms with Crippen molar-refractivity contribution in [3.8, 4) is 0 Å².